The highest BCUT2D eigenvalue weighted by Gasteiger charge is 2.46. The molecular formula is C23H25FN2O6S. The lowest BCUT2D eigenvalue weighted by molar-refractivity contribution is -0.140. The molecule has 0 saturated carbocycles. The number of sulfonamides is 1. The van der Waals surface area contributed by atoms with Gasteiger partial charge in [-0.05, 0) is 36.8 Å². The Morgan fingerprint density at radius 2 is 1.76 bits per heavy atom. The Hall–Kier alpha value is -3.08. The van der Waals surface area contributed by atoms with Gasteiger partial charge in [-0.3, -0.25) is 9.59 Å². The van der Waals surface area contributed by atoms with Crippen LogP contribution >= 0.6 is 0 Å². The lowest BCUT2D eigenvalue weighted by Gasteiger charge is -2.25. The number of ether oxygens (including phenoxy) is 1. The molecule has 3 rings (SSSR count). The quantitative estimate of drug-likeness (QED) is 0.272. The Morgan fingerprint density at radius 1 is 1.12 bits per heavy atom. The minimum Gasteiger partial charge on any atom is -0.507 e. The van der Waals surface area contributed by atoms with Gasteiger partial charge in [0.1, 0.15) is 11.6 Å². The molecule has 1 aliphatic heterocycles. The fourth-order valence-corrected chi connectivity index (χ4v) is 4.56. The van der Waals surface area contributed by atoms with Crippen LogP contribution in [-0.4, -0.2) is 68.8 Å². The van der Waals surface area contributed by atoms with Crippen LogP contribution in [0.2, 0.25) is 0 Å². The molecule has 1 fully saturated rings. The van der Waals surface area contributed by atoms with Crippen molar-refractivity contribution < 1.29 is 32.2 Å². The second-order valence-corrected chi connectivity index (χ2v) is 9.82. The van der Waals surface area contributed by atoms with Crippen LogP contribution in [0.3, 0.4) is 0 Å². The van der Waals surface area contributed by atoms with Crippen LogP contribution < -0.4 is 0 Å². The molecule has 0 spiro atoms. The summed E-state index contributed by atoms with van der Waals surface area (Å²) in [6.45, 7) is 0.447. The Morgan fingerprint density at radius 3 is 2.33 bits per heavy atom. The minimum absolute atomic E-state index is 0.00489. The first-order valence-electron chi connectivity index (χ1n) is 10.2. The zero-order valence-corrected chi connectivity index (χ0v) is 19.3. The van der Waals surface area contributed by atoms with Gasteiger partial charge < -0.3 is 14.7 Å². The van der Waals surface area contributed by atoms with Crippen molar-refractivity contribution >= 4 is 27.5 Å². The molecule has 1 saturated heterocycles. The van der Waals surface area contributed by atoms with Crippen molar-refractivity contribution in [2.24, 2.45) is 0 Å². The maximum Gasteiger partial charge on any atom is 0.295 e. The van der Waals surface area contributed by atoms with Crippen LogP contribution in [0.15, 0.2) is 59.0 Å². The number of hydrogen-bond acceptors (Lipinski definition) is 6. The average Bonchev–Trinajstić information content (AvgIpc) is 3.04. The van der Waals surface area contributed by atoms with Gasteiger partial charge in [0.2, 0.25) is 10.0 Å². The predicted octanol–water partition coefficient (Wildman–Crippen LogP) is 2.53. The van der Waals surface area contributed by atoms with Gasteiger partial charge in [-0.25, -0.2) is 17.1 Å². The van der Waals surface area contributed by atoms with Crippen LogP contribution in [0.5, 0.6) is 0 Å². The molecule has 1 heterocycles. The smallest absolute Gasteiger partial charge is 0.295 e. The number of carbonyl (C=O) groups excluding carboxylic acids is 2. The van der Waals surface area contributed by atoms with Crippen molar-refractivity contribution in [1.82, 2.24) is 9.21 Å². The minimum atomic E-state index is -3.69. The highest BCUT2D eigenvalue weighted by Crippen LogP contribution is 2.40. The van der Waals surface area contributed by atoms with Crippen LogP contribution in [-0.2, 0) is 24.3 Å². The van der Waals surface area contributed by atoms with E-state index in [-0.39, 0.29) is 28.1 Å². The lowest BCUT2D eigenvalue weighted by atomic mass is 9.95. The number of aliphatic hydroxyl groups is 1. The maximum absolute atomic E-state index is 14.7. The van der Waals surface area contributed by atoms with E-state index in [0.29, 0.717) is 13.0 Å². The van der Waals surface area contributed by atoms with Gasteiger partial charge in [-0.1, -0.05) is 18.2 Å². The summed E-state index contributed by atoms with van der Waals surface area (Å²) in [6, 6.07) is 9.85. The number of hydrogen-bond donors (Lipinski definition) is 1. The fourth-order valence-electron chi connectivity index (χ4n) is 3.66. The average molecular weight is 477 g/mol. The van der Waals surface area contributed by atoms with E-state index < -0.39 is 39.3 Å². The van der Waals surface area contributed by atoms with E-state index in [1.807, 2.05) is 0 Å². The third-order valence-electron chi connectivity index (χ3n) is 5.39. The third-order valence-corrected chi connectivity index (χ3v) is 7.22. The Balaban J connectivity index is 2.12. The molecule has 0 unspecified atom stereocenters. The number of Topliss-reactive ketones (excluding diaryl/α,β-unsaturated/α-hetero) is 1. The van der Waals surface area contributed by atoms with Gasteiger partial charge in [-0.2, -0.15) is 0 Å². The zero-order chi connectivity index (χ0) is 24.3. The first kappa shape index (κ1) is 24.6. The molecule has 2 aromatic rings. The lowest BCUT2D eigenvalue weighted by Crippen LogP contribution is -2.31. The number of ketones is 1. The molecule has 1 aliphatic rings. The number of likely N-dealkylation sites (tertiary alicyclic amines) is 1. The van der Waals surface area contributed by atoms with Crippen molar-refractivity contribution in [1.29, 1.82) is 0 Å². The SMILES string of the molecule is COCCCN1C(=O)C(=O)/C(=C(/O)c2ccc(S(=O)(=O)N(C)C)cc2)[C@@H]1c1ccccc1F. The van der Waals surface area contributed by atoms with Crippen LogP contribution in [0.1, 0.15) is 23.6 Å². The number of carbonyl (C=O) groups is 2. The topological polar surface area (TPSA) is 104 Å². The first-order valence-corrected chi connectivity index (χ1v) is 11.6. The molecule has 8 nitrogen and oxygen atoms in total. The number of nitrogens with zero attached hydrogens (tertiary/aromatic N) is 2. The maximum atomic E-state index is 14.7. The number of rotatable bonds is 8. The van der Waals surface area contributed by atoms with Crippen molar-refractivity contribution in [3.63, 3.8) is 0 Å². The normalized spacial score (nSPS) is 18.3. The largest absolute Gasteiger partial charge is 0.507 e. The van der Waals surface area contributed by atoms with Crippen molar-refractivity contribution in [2.45, 2.75) is 17.4 Å². The van der Waals surface area contributed by atoms with Gasteiger partial charge >= 0.3 is 0 Å². The molecule has 1 amide bonds. The molecule has 1 atom stereocenters. The van der Waals surface area contributed by atoms with Crippen LogP contribution in [0, 0.1) is 5.82 Å². The first-order chi connectivity index (χ1) is 15.6. The number of aliphatic hydroxyl groups excluding tert-OH is 1. The molecule has 2 aromatic carbocycles. The molecule has 0 aromatic heterocycles. The standard InChI is InChI=1S/C23H25FN2O6S/c1-25(2)33(30,31)16-11-9-15(10-12-16)21(27)19-20(17-7-4-5-8-18(17)24)26(13-6-14-32-3)23(29)22(19)28/h4-5,7-12,20,27H,6,13-14H2,1-3H3/b21-19+/t20-/m0/s1. The van der Waals surface area contributed by atoms with Crippen LogP contribution in [0.25, 0.3) is 5.76 Å². The van der Waals surface area contributed by atoms with Crippen molar-refractivity contribution in [2.75, 3.05) is 34.4 Å². The number of benzene rings is 2. The molecule has 176 valence electrons. The number of halogens is 1. The molecule has 10 heteroatoms. The Labute approximate surface area is 191 Å². The van der Waals surface area contributed by atoms with E-state index in [4.69, 9.17) is 4.74 Å². The van der Waals surface area contributed by atoms with E-state index in [2.05, 4.69) is 0 Å². The van der Waals surface area contributed by atoms with E-state index in [1.54, 1.807) is 6.07 Å². The van der Waals surface area contributed by atoms with Gasteiger partial charge in [-0.15, -0.1) is 0 Å². The summed E-state index contributed by atoms with van der Waals surface area (Å²) in [5.41, 5.74) is -0.0582. The van der Waals surface area contributed by atoms with Crippen molar-refractivity contribution in [3.05, 3.63) is 71.0 Å². The number of methoxy groups -OCH3 is 1. The summed E-state index contributed by atoms with van der Waals surface area (Å²) < 4.78 is 45.4. The van der Waals surface area contributed by atoms with Crippen LogP contribution in [0.4, 0.5) is 4.39 Å². The molecule has 0 aliphatic carbocycles. The van der Waals surface area contributed by atoms with E-state index in [0.717, 1.165) is 4.31 Å². The highest BCUT2D eigenvalue weighted by molar-refractivity contribution is 7.89. The summed E-state index contributed by atoms with van der Waals surface area (Å²) in [6.07, 6.45) is 0.408. The second-order valence-electron chi connectivity index (χ2n) is 7.67. The van der Waals surface area contributed by atoms with Gasteiger partial charge in [0.25, 0.3) is 11.7 Å². The molecule has 1 N–H and O–H groups in total. The van der Waals surface area contributed by atoms with Gasteiger partial charge in [0.15, 0.2) is 0 Å². The van der Waals surface area contributed by atoms with Gasteiger partial charge in [0.05, 0.1) is 16.5 Å². The fraction of sp³-hybridized carbons (Fsp3) is 0.304. The van der Waals surface area contributed by atoms with E-state index >= 15 is 0 Å². The molecule has 0 bridgehead atoms. The zero-order valence-electron chi connectivity index (χ0n) is 18.5. The van der Waals surface area contributed by atoms with E-state index in [9.17, 15) is 27.5 Å². The van der Waals surface area contributed by atoms with E-state index in [1.165, 1.54) is 68.6 Å². The second kappa shape index (κ2) is 9.82. The molecule has 0 radical (unpaired) electrons. The summed E-state index contributed by atoms with van der Waals surface area (Å²) in [5, 5.41) is 11.0. The predicted molar refractivity (Wildman–Crippen MR) is 119 cm³/mol. The summed E-state index contributed by atoms with van der Waals surface area (Å²) in [7, 11) is 0.592. The summed E-state index contributed by atoms with van der Waals surface area (Å²) in [5.74, 6) is -2.93. The molecule has 33 heavy (non-hydrogen) atoms. The monoisotopic (exact) mass is 476 g/mol. The highest BCUT2D eigenvalue weighted by atomic mass is 32.2. The van der Waals surface area contributed by atoms with Crippen molar-refractivity contribution in [3.8, 4) is 0 Å². The summed E-state index contributed by atoms with van der Waals surface area (Å²) in [4.78, 5) is 26.9. The Kier molecular flexibility index (Phi) is 7.31. The third kappa shape index (κ3) is 4.68. The molecular weight excluding hydrogens is 451 g/mol. The number of amides is 1. The Bertz CT molecular complexity index is 1190. The summed E-state index contributed by atoms with van der Waals surface area (Å²) >= 11 is 0. The van der Waals surface area contributed by atoms with Gasteiger partial charge in [0, 0.05) is 45.5 Å².